The van der Waals surface area contributed by atoms with Crippen LogP contribution in [0.4, 0.5) is 11.5 Å². The van der Waals surface area contributed by atoms with Crippen LogP contribution < -0.4 is 20.1 Å². The fourth-order valence-electron chi connectivity index (χ4n) is 3.32. The van der Waals surface area contributed by atoms with E-state index in [9.17, 15) is 4.79 Å². The zero-order chi connectivity index (χ0) is 17.2. The van der Waals surface area contributed by atoms with Gasteiger partial charge >= 0.3 is 0 Å². The summed E-state index contributed by atoms with van der Waals surface area (Å²) in [5.74, 6) is 1.87. The molecule has 0 radical (unpaired) electrons. The molecule has 0 atom stereocenters. The summed E-state index contributed by atoms with van der Waals surface area (Å²) in [6.07, 6.45) is 4.47. The minimum absolute atomic E-state index is 0.106. The molecule has 1 saturated carbocycles. The lowest BCUT2D eigenvalue weighted by Gasteiger charge is -2.14. The van der Waals surface area contributed by atoms with E-state index in [2.05, 4.69) is 15.6 Å². The third kappa shape index (κ3) is 3.24. The summed E-state index contributed by atoms with van der Waals surface area (Å²) in [4.78, 5) is 17.1. The third-order valence-electron chi connectivity index (χ3n) is 4.66. The number of amides is 1. The Hall–Kier alpha value is -2.76. The van der Waals surface area contributed by atoms with Crippen LogP contribution in [0, 0.1) is 6.92 Å². The van der Waals surface area contributed by atoms with Crippen LogP contribution in [0.3, 0.4) is 0 Å². The fourth-order valence-corrected chi connectivity index (χ4v) is 3.32. The molecule has 2 aromatic rings. The van der Waals surface area contributed by atoms with Gasteiger partial charge in [0.05, 0.1) is 5.69 Å². The van der Waals surface area contributed by atoms with Gasteiger partial charge in [0, 0.05) is 6.04 Å². The Morgan fingerprint density at radius 2 is 2.00 bits per heavy atom. The van der Waals surface area contributed by atoms with Crippen molar-refractivity contribution in [1.29, 1.82) is 0 Å². The summed E-state index contributed by atoms with van der Waals surface area (Å²) in [6, 6.07) is 9.67. The summed E-state index contributed by atoms with van der Waals surface area (Å²) < 4.78 is 10.9. The van der Waals surface area contributed by atoms with Gasteiger partial charge in [-0.3, -0.25) is 4.79 Å². The van der Waals surface area contributed by atoms with Crippen LogP contribution in [-0.4, -0.2) is 23.7 Å². The molecule has 2 heterocycles. The van der Waals surface area contributed by atoms with Gasteiger partial charge in [0.25, 0.3) is 5.91 Å². The lowest BCUT2D eigenvalue weighted by Crippen LogP contribution is -2.33. The maximum absolute atomic E-state index is 12.6. The largest absolute Gasteiger partial charge is 0.454 e. The number of carbonyl (C=O) groups excluding carboxylic acids is 1. The predicted octanol–water partition coefficient (Wildman–Crippen LogP) is 3.53. The van der Waals surface area contributed by atoms with Crippen molar-refractivity contribution in [2.75, 3.05) is 12.1 Å². The summed E-state index contributed by atoms with van der Waals surface area (Å²) >= 11 is 0. The maximum Gasteiger partial charge on any atom is 0.270 e. The van der Waals surface area contributed by atoms with Gasteiger partial charge in [0.2, 0.25) is 6.79 Å². The van der Waals surface area contributed by atoms with Crippen LogP contribution in [0.2, 0.25) is 0 Å². The van der Waals surface area contributed by atoms with Gasteiger partial charge in [-0.25, -0.2) is 4.98 Å². The number of nitrogens with zero attached hydrogens (tertiary/aromatic N) is 1. The number of benzene rings is 1. The molecule has 1 amide bonds. The molecule has 1 aromatic carbocycles. The van der Waals surface area contributed by atoms with E-state index < -0.39 is 0 Å². The summed E-state index contributed by atoms with van der Waals surface area (Å²) in [5.41, 5.74) is 2.09. The zero-order valence-corrected chi connectivity index (χ0v) is 14.2. The molecular weight excluding hydrogens is 318 g/mol. The molecule has 0 saturated heterocycles. The summed E-state index contributed by atoms with van der Waals surface area (Å²) in [6.45, 7) is 2.11. The van der Waals surface area contributed by atoms with E-state index in [1.165, 1.54) is 12.8 Å². The average Bonchev–Trinajstić information content (AvgIpc) is 3.28. The number of aromatic nitrogens is 1. The highest BCUT2D eigenvalue weighted by atomic mass is 16.7. The van der Waals surface area contributed by atoms with Crippen molar-refractivity contribution in [1.82, 2.24) is 10.3 Å². The molecule has 6 heteroatoms. The Bertz CT molecular complexity index is 800. The summed E-state index contributed by atoms with van der Waals surface area (Å²) in [7, 11) is 0. The topological polar surface area (TPSA) is 72.5 Å². The van der Waals surface area contributed by atoms with Crippen LogP contribution in [0.5, 0.6) is 11.5 Å². The molecule has 25 heavy (non-hydrogen) atoms. The van der Waals surface area contributed by atoms with Crippen molar-refractivity contribution in [3.63, 3.8) is 0 Å². The number of para-hydroxylation sites is 1. The SMILES string of the molecule is Cc1ccc(Nc2cccc3c2OCO3)nc1C(=O)NC1CCCC1. The van der Waals surface area contributed by atoms with Crippen molar-refractivity contribution >= 4 is 17.4 Å². The first-order valence-corrected chi connectivity index (χ1v) is 8.65. The Balaban J connectivity index is 1.55. The molecule has 130 valence electrons. The smallest absolute Gasteiger partial charge is 0.270 e. The van der Waals surface area contributed by atoms with E-state index in [1.54, 1.807) is 0 Å². The molecular formula is C19H21N3O3. The van der Waals surface area contributed by atoms with Gasteiger partial charge in [0.15, 0.2) is 11.5 Å². The Morgan fingerprint density at radius 1 is 1.16 bits per heavy atom. The van der Waals surface area contributed by atoms with E-state index in [1.807, 2.05) is 37.3 Å². The molecule has 0 bridgehead atoms. The molecule has 0 unspecified atom stereocenters. The number of ether oxygens (including phenoxy) is 2. The molecule has 6 nitrogen and oxygen atoms in total. The van der Waals surface area contributed by atoms with Crippen molar-refractivity contribution in [2.45, 2.75) is 38.6 Å². The van der Waals surface area contributed by atoms with E-state index in [-0.39, 0.29) is 18.7 Å². The fraction of sp³-hybridized carbons (Fsp3) is 0.368. The number of rotatable bonds is 4. The second-order valence-electron chi connectivity index (χ2n) is 6.48. The van der Waals surface area contributed by atoms with Crippen LogP contribution in [-0.2, 0) is 0 Å². The van der Waals surface area contributed by atoms with Gasteiger partial charge in [-0.1, -0.05) is 25.0 Å². The molecule has 1 aromatic heterocycles. The molecule has 1 fully saturated rings. The van der Waals surface area contributed by atoms with Gasteiger partial charge in [-0.15, -0.1) is 0 Å². The molecule has 2 N–H and O–H groups in total. The Kier molecular flexibility index (Phi) is 4.17. The maximum atomic E-state index is 12.6. The van der Waals surface area contributed by atoms with E-state index in [4.69, 9.17) is 9.47 Å². The van der Waals surface area contributed by atoms with Crippen LogP contribution in [0.25, 0.3) is 0 Å². The predicted molar refractivity (Wildman–Crippen MR) is 94.5 cm³/mol. The minimum atomic E-state index is -0.106. The molecule has 4 rings (SSSR count). The minimum Gasteiger partial charge on any atom is -0.454 e. The van der Waals surface area contributed by atoms with Gasteiger partial charge < -0.3 is 20.1 Å². The van der Waals surface area contributed by atoms with Gasteiger partial charge in [-0.05, 0) is 43.5 Å². The van der Waals surface area contributed by atoms with Crippen molar-refractivity contribution < 1.29 is 14.3 Å². The number of hydrogen-bond donors (Lipinski definition) is 2. The number of hydrogen-bond acceptors (Lipinski definition) is 5. The lowest BCUT2D eigenvalue weighted by atomic mass is 10.1. The van der Waals surface area contributed by atoms with Gasteiger partial charge in [0.1, 0.15) is 11.5 Å². The number of carbonyl (C=O) groups is 1. The molecule has 1 aliphatic heterocycles. The number of fused-ring (bicyclic) bond motifs is 1. The van der Waals surface area contributed by atoms with Crippen LogP contribution in [0.15, 0.2) is 30.3 Å². The number of anilines is 2. The quantitative estimate of drug-likeness (QED) is 0.891. The van der Waals surface area contributed by atoms with Crippen LogP contribution in [0.1, 0.15) is 41.7 Å². The normalized spacial score (nSPS) is 16.0. The molecule has 1 aliphatic carbocycles. The Morgan fingerprint density at radius 3 is 2.84 bits per heavy atom. The van der Waals surface area contributed by atoms with E-state index in [0.717, 1.165) is 24.1 Å². The summed E-state index contributed by atoms with van der Waals surface area (Å²) in [5, 5.41) is 6.32. The number of nitrogens with one attached hydrogen (secondary N) is 2. The second kappa shape index (κ2) is 6.63. The van der Waals surface area contributed by atoms with E-state index >= 15 is 0 Å². The monoisotopic (exact) mass is 339 g/mol. The highest BCUT2D eigenvalue weighted by Gasteiger charge is 2.21. The third-order valence-corrected chi connectivity index (χ3v) is 4.66. The average molecular weight is 339 g/mol. The molecule has 0 spiro atoms. The van der Waals surface area contributed by atoms with Crippen LogP contribution >= 0.6 is 0 Å². The lowest BCUT2D eigenvalue weighted by molar-refractivity contribution is 0.0932. The highest BCUT2D eigenvalue weighted by Crippen LogP contribution is 2.39. The first kappa shape index (κ1) is 15.7. The van der Waals surface area contributed by atoms with Crippen molar-refractivity contribution in [2.24, 2.45) is 0 Å². The Labute approximate surface area is 146 Å². The van der Waals surface area contributed by atoms with Gasteiger partial charge in [-0.2, -0.15) is 0 Å². The van der Waals surface area contributed by atoms with E-state index in [0.29, 0.717) is 23.0 Å². The first-order valence-electron chi connectivity index (χ1n) is 8.65. The second-order valence-corrected chi connectivity index (χ2v) is 6.48. The highest BCUT2D eigenvalue weighted by molar-refractivity contribution is 5.94. The zero-order valence-electron chi connectivity index (χ0n) is 14.2. The first-order chi connectivity index (χ1) is 12.2. The van der Waals surface area contributed by atoms with Crippen molar-refractivity contribution in [3.8, 4) is 11.5 Å². The molecule has 2 aliphatic rings. The van der Waals surface area contributed by atoms with Crippen molar-refractivity contribution in [3.05, 3.63) is 41.6 Å². The standard InChI is InChI=1S/C19H21N3O3/c1-12-9-10-16(21-14-7-4-8-15-18(14)25-11-24-15)22-17(12)19(23)20-13-5-2-3-6-13/h4,7-10,13H,2-3,5-6,11H2,1H3,(H,20,23)(H,21,22). The number of aryl methyl sites for hydroxylation is 1. The number of pyridine rings is 1.